The lowest BCUT2D eigenvalue weighted by Crippen LogP contribution is -2.38. The Morgan fingerprint density at radius 3 is 2.62 bits per heavy atom. The van der Waals surface area contributed by atoms with Gasteiger partial charge in [0.25, 0.3) is 0 Å². The van der Waals surface area contributed by atoms with E-state index in [9.17, 15) is 13.9 Å². The van der Waals surface area contributed by atoms with Gasteiger partial charge in [0, 0.05) is 17.5 Å². The topological polar surface area (TPSA) is 107 Å². The fourth-order valence-electron chi connectivity index (χ4n) is 3.11. The molecule has 29 heavy (non-hydrogen) atoms. The maximum Gasteiger partial charge on any atom is 0.137 e. The molecule has 4 rings (SSSR count). The van der Waals surface area contributed by atoms with Gasteiger partial charge >= 0.3 is 0 Å². The quantitative estimate of drug-likeness (QED) is 0.526. The van der Waals surface area contributed by atoms with Gasteiger partial charge in [-0.05, 0) is 6.07 Å². The molecule has 1 N–H and O–H groups in total. The smallest absolute Gasteiger partial charge is 0.137 e. The number of nitrogens with zero attached hydrogens (tertiary/aromatic N) is 8. The number of hydrogen-bond acceptors (Lipinski definition) is 7. The molecule has 148 valence electrons. The van der Waals surface area contributed by atoms with Gasteiger partial charge in [0.1, 0.15) is 41.9 Å². The lowest BCUT2D eigenvalue weighted by atomic mass is 9.80. The molecule has 0 saturated carbocycles. The molecule has 0 saturated heterocycles. The first-order chi connectivity index (χ1) is 14.0. The van der Waals surface area contributed by atoms with Crippen molar-refractivity contribution in [1.82, 2.24) is 39.7 Å². The van der Waals surface area contributed by atoms with Gasteiger partial charge < -0.3 is 5.11 Å². The Morgan fingerprint density at radius 1 is 1.14 bits per heavy atom. The Hall–Kier alpha value is -3.60. The van der Waals surface area contributed by atoms with E-state index in [2.05, 4.69) is 30.4 Å². The van der Waals surface area contributed by atoms with Crippen molar-refractivity contribution in [3.63, 3.8) is 0 Å². The lowest BCUT2D eigenvalue weighted by molar-refractivity contribution is -0.0123. The average molecular weight is 398 g/mol. The van der Waals surface area contributed by atoms with E-state index < -0.39 is 23.2 Å². The Labute approximate surface area is 163 Å². The third-order valence-electron chi connectivity index (χ3n) is 4.75. The molecule has 0 aliphatic rings. The molecule has 2 atom stereocenters. The van der Waals surface area contributed by atoms with Crippen LogP contribution in [0.2, 0.25) is 0 Å². The third kappa shape index (κ3) is 3.59. The normalized spacial score (nSPS) is 14.5. The fraction of sp³-hybridized carbons (Fsp3) is 0.222. The highest BCUT2D eigenvalue weighted by atomic mass is 19.1. The van der Waals surface area contributed by atoms with Crippen molar-refractivity contribution in [3.05, 3.63) is 78.7 Å². The van der Waals surface area contributed by atoms with Crippen molar-refractivity contribution in [3.8, 4) is 5.69 Å². The minimum absolute atomic E-state index is 0.0838. The molecular weight excluding hydrogens is 382 g/mol. The summed E-state index contributed by atoms with van der Waals surface area (Å²) in [6.45, 7) is 1.55. The standard InChI is InChI=1S/C18H16F2N8O/c1-12(17-7-28(26-25-17)14-5-21-9-22-6-14)18(29,8-27-11-23-10-24-27)15-3-2-13(19)4-16(15)20/h2-7,9-12,29H,8H2,1H3. The number of benzene rings is 1. The SMILES string of the molecule is CC(c1cn(-c2cncnc2)nn1)C(O)(Cn1cncn1)c1ccc(F)cc1F. The maximum atomic E-state index is 14.6. The number of aromatic nitrogens is 8. The highest BCUT2D eigenvalue weighted by Gasteiger charge is 2.41. The number of hydrogen-bond donors (Lipinski definition) is 1. The molecule has 0 amide bonds. The Bertz CT molecular complexity index is 1100. The summed E-state index contributed by atoms with van der Waals surface area (Å²) in [4.78, 5) is 11.7. The van der Waals surface area contributed by atoms with E-state index in [0.29, 0.717) is 11.4 Å². The summed E-state index contributed by atoms with van der Waals surface area (Å²) in [6, 6.07) is 3.04. The first-order valence-corrected chi connectivity index (χ1v) is 8.65. The van der Waals surface area contributed by atoms with E-state index in [1.54, 1.807) is 25.5 Å². The largest absolute Gasteiger partial charge is 0.382 e. The molecule has 0 aliphatic heterocycles. The monoisotopic (exact) mass is 398 g/mol. The molecule has 3 heterocycles. The molecular formula is C18H16F2N8O. The minimum Gasteiger partial charge on any atom is -0.382 e. The van der Waals surface area contributed by atoms with Gasteiger partial charge in [-0.2, -0.15) is 5.10 Å². The van der Waals surface area contributed by atoms with Crippen molar-refractivity contribution in [1.29, 1.82) is 0 Å². The van der Waals surface area contributed by atoms with E-state index in [1.165, 1.54) is 34.4 Å². The highest BCUT2D eigenvalue weighted by Crippen LogP contribution is 2.39. The van der Waals surface area contributed by atoms with Crippen LogP contribution in [0.15, 0.2) is 55.8 Å². The van der Waals surface area contributed by atoms with Crippen molar-refractivity contribution in [2.24, 2.45) is 0 Å². The summed E-state index contributed by atoms with van der Waals surface area (Å²) in [5, 5.41) is 23.7. The lowest BCUT2D eigenvalue weighted by Gasteiger charge is -2.33. The van der Waals surface area contributed by atoms with Crippen LogP contribution in [0, 0.1) is 11.6 Å². The van der Waals surface area contributed by atoms with E-state index in [0.717, 1.165) is 12.1 Å². The zero-order valence-electron chi connectivity index (χ0n) is 15.3. The molecule has 3 aromatic heterocycles. The van der Waals surface area contributed by atoms with Gasteiger partial charge in [0.05, 0.1) is 30.8 Å². The van der Waals surface area contributed by atoms with E-state index >= 15 is 0 Å². The van der Waals surface area contributed by atoms with Crippen LogP contribution in [0.5, 0.6) is 0 Å². The summed E-state index contributed by atoms with van der Waals surface area (Å²) in [5.74, 6) is -2.34. The second-order valence-electron chi connectivity index (χ2n) is 6.55. The number of rotatable bonds is 6. The molecule has 0 bridgehead atoms. The summed E-state index contributed by atoms with van der Waals surface area (Å²) in [5.41, 5.74) is -0.926. The van der Waals surface area contributed by atoms with Crippen LogP contribution in [-0.2, 0) is 12.1 Å². The van der Waals surface area contributed by atoms with Crippen LogP contribution in [0.1, 0.15) is 24.1 Å². The summed E-state index contributed by atoms with van der Waals surface area (Å²) >= 11 is 0. The van der Waals surface area contributed by atoms with Crippen LogP contribution < -0.4 is 0 Å². The highest BCUT2D eigenvalue weighted by molar-refractivity contribution is 5.30. The fourth-order valence-corrected chi connectivity index (χ4v) is 3.11. The Balaban J connectivity index is 1.75. The van der Waals surface area contributed by atoms with Crippen LogP contribution >= 0.6 is 0 Å². The van der Waals surface area contributed by atoms with Crippen molar-refractivity contribution < 1.29 is 13.9 Å². The van der Waals surface area contributed by atoms with Gasteiger partial charge in [-0.1, -0.05) is 18.2 Å². The van der Waals surface area contributed by atoms with Crippen LogP contribution in [0.4, 0.5) is 8.78 Å². The van der Waals surface area contributed by atoms with Gasteiger partial charge in [-0.15, -0.1) is 5.10 Å². The van der Waals surface area contributed by atoms with E-state index in [1.807, 2.05) is 0 Å². The van der Waals surface area contributed by atoms with Crippen LogP contribution in [-0.4, -0.2) is 44.8 Å². The third-order valence-corrected chi connectivity index (χ3v) is 4.75. The van der Waals surface area contributed by atoms with Gasteiger partial charge in [-0.3, -0.25) is 0 Å². The predicted octanol–water partition coefficient (Wildman–Crippen LogP) is 1.62. The maximum absolute atomic E-state index is 14.6. The van der Waals surface area contributed by atoms with Crippen molar-refractivity contribution in [2.45, 2.75) is 25.0 Å². The van der Waals surface area contributed by atoms with E-state index in [-0.39, 0.29) is 12.1 Å². The minimum atomic E-state index is -1.81. The first kappa shape index (κ1) is 18.7. The molecule has 2 unspecified atom stereocenters. The van der Waals surface area contributed by atoms with Gasteiger partial charge in [0.2, 0.25) is 0 Å². The van der Waals surface area contributed by atoms with Gasteiger partial charge in [-0.25, -0.2) is 33.1 Å². The van der Waals surface area contributed by atoms with Crippen LogP contribution in [0.3, 0.4) is 0 Å². The number of aliphatic hydroxyl groups is 1. The second kappa shape index (κ2) is 7.43. The van der Waals surface area contributed by atoms with Crippen molar-refractivity contribution in [2.75, 3.05) is 0 Å². The molecule has 4 aromatic rings. The molecule has 0 radical (unpaired) electrons. The van der Waals surface area contributed by atoms with E-state index in [4.69, 9.17) is 0 Å². The van der Waals surface area contributed by atoms with Crippen molar-refractivity contribution >= 4 is 0 Å². The second-order valence-corrected chi connectivity index (χ2v) is 6.55. The average Bonchev–Trinajstić information content (AvgIpc) is 3.40. The molecule has 9 nitrogen and oxygen atoms in total. The summed E-state index contributed by atoms with van der Waals surface area (Å²) < 4.78 is 30.9. The first-order valence-electron chi connectivity index (χ1n) is 8.65. The molecule has 0 aliphatic carbocycles. The zero-order chi connectivity index (χ0) is 20.4. The molecule has 11 heteroatoms. The molecule has 1 aromatic carbocycles. The predicted molar refractivity (Wildman–Crippen MR) is 95.6 cm³/mol. The Kier molecular flexibility index (Phi) is 4.80. The summed E-state index contributed by atoms with van der Waals surface area (Å²) in [7, 11) is 0. The zero-order valence-corrected chi connectivity index (χ0v) is 15.3. The van der Waals surface area contributed by atoms with Gasteiger partial charge in [0.15, 0.2) is 0 Å². The number of halogens is 2. The molecule has 0 fully saturated rings. The molecule has 0 spiro atoms. The summed E-state index contributed by atoms with van der Waals surface area (Å²) in [6.07, 6.45) is 8.79. The Morgan fingerprint density at radius 2 is 1.93 bits per heavy atom. The van der Waals surface area contributed by atoms with Crippen LogP contribution in [0.25, 0.3) is 5.69 Å².